The number of benzene rings is 2. The fourth-order valence-electron chi connectivity index (χ4n) is 3.89. The van der Waals surface area contributed by atoms with Gasteiger partial charge in [0.25, 0.3) is 5.91 Å². The molecule has 1 aliphatic rings. The Hall–Kier alpha value is -3.74. The molecule has 2 aromatic carbocycles. The number of amides is 1. The smallest absolute Gasteiger partial charge is 0.416 e. The van der Waals surface area contributed by atoms with Crippen LogP contribution in [0.4, 0.5) is 24.5 Å². The molecule has 0 saturated heterocycles. The molecule has 0 spiro atoms. The van der Waals surface area contributed by atoms with E-state index >= 15 is 0 Å². The molecule has 0 saturated carbocycles. The van der Waals surface area contributed by atoms with Crippen molar-refractivity contribution in [2.45, 2.75) is 19.6 Å². The van der Waals surface area contributed by atoms with E-state index in [-0.39, 0.29) is 29.1 Å². The van der Waals surface area contributed by atoms with Gasteiger partial charge >= 0.3 is 6.18 Å². The van der Waals surface area contributed by atoms with E-state index in [1.807, 2.05) is 14.0 Å². The molecule has 37 heavy (non-hydrogen) atoms. The molecule has 196 valence electrons. The van der Waals surface area contributed by atoms with Crippen LogP contribution in [0.25, 0.3) is 5.70 Å². The number of carbonyl (C=O) groups excluding carboxylic acids is 1. The normalized spacial score (nSPS) is 13.4. The SMILES string of the molecule is CNCc1cc(C(F)(F)F)cc(NC(=O)c2ccc(Cl)c(N3C=C(c4cnn(C)c4C)NN3)c2)c1OC. The number of aryl methyl sites for hydroxylation is 1. The van der Waals surface area contributed by atoms with Crippen LogP contribution in [0.2, 0.25) is 5.02 Å². The molecule has 9 nitrogen and oxygen atoms in total. The fourth-order valence-corrected chi connectivity index (χ4v) is 4.09. The lowest BCUT2D eigenvalue weighted by molar-refractivity contribution is -0.137. The molecule has 1 aromatic heterocycles. The van der Waals surface area contributed by atoms with Crippen molar-refractivity contribution in [2.75, 3.05) is 24.5 Å². The van der Waals surface area contributed by atoms with Crippen molar-refractivity contribution in [2.24, 2.45) is 7.05 Å². The predicted octanol–water partition coefficient (Wildman–Crippen LogP) is 4.21. The molecule has 1 aliphatic heterocycles. The number of carbonyl (C=O) groups is 1. The van der Waals surface area contributed by atoms with Gasteiger partial charge in [-0.05, 0) is 44.3 Å². The molecule has 1 amide bonds. The Bertz CT molecular complexity index is 1370. The quantitative estimate of drug-likeness (QED) is 0.360. The summed E-state index contributed by atoms with van der Waals surface area (Å²) >= 11 is 6.41. The second kappa shape index (κ2) is 10.3. The summed E-state index contributed by atoms with van der Waals surface area (Å²) in [4.78, 5) is 13.1. The molecule has 13 heteroatoms. The van der Waals surface area contributed by atoms with Crippen molar-refractivity contribution >= 4 is 34.6 Å². The molecule has 2 heterocycles. The summed E-state index contributed by atoms with van der Waals surface area (Å²) in [5.74, 6) is -0.500. The summed E-state index contributed by atoms with van der Waals surface area (Å²) in [5.41, 5.74) is 8.43. The van der Waals surface area contributed by atoms with Gasteiger partial charge in [0.05, 0.1) is 41.0 Å². The topological polar surface area (TPSA) is 95.5 Å². The van der Waals surface area contributed by atoms with E-state index in [1.165, 1.54) is 25.3 Å². The maximum Gasteiger partial charge on any atom is 0.416 e. The number of hydrazine groups is 2. The highest BCUT2D eigenvalue weighted by atomic mass is 35.5. The van der Waals surface area contributed by atoms with Crippen LogP contribution >= 0.6 is 11.6 Å². The van der Waals surface area contributed by atoms with E-state index in [4.69, 9.17) is 16.3 Å². The molecule has 0 fully saturated rings. The lowest BCUT2D eigenvalue weighted by Gasteiger charge is -2.19. The standard InChI is InChI=1S/C24H25ClF3N7O2/c1-13-17(11-30-34(13)3)20-12-35(33-32-20)21-8-14(5-6-18(21)25)23(36)31-19-9-16(24(26,27)28)7-15(10-29-2)22(19)37-4/h5-9,11-12,29,32-33H,10H2,1-4H3,(H,31,36). The Balaban J connectivity index is 1.65. The number of hydrogen-bond donors (Lipinski definition) is 4. The molecule has 0 radical (unpaired) electrons. The molecule has 4 rings (SSSR count). The first-order valence-electron chi connectivity index (χ1n) is 11.1. The van der Waals surface area contributed by atoms with Crippen LogP contribution in [0.5, 0.6) is 5.75 Å². The number of hydrogen-bond acceptors (Lipinski definition) is 7. The van der Waals surface area contributed by atoms with Gasteiger partial charge in [0, 0.05) is 42.2 Å². The monoisotopic (exact) mass is 535 g/mol. The molecular weight excluding hydrogens is 511 g/mol. The third-order valence-corrected chi connectivity index (χ3v) is 6.19. The van der Waals surface area contributed by atoms with E-state index in [2.05, 4.69) is 26.7 Å². The van der Waals surface area contributed by atoms with Gasteiger partial charge in [-0.15, -0.1) is 5.53 Å². The summed E-state index contributed by atoms with van der Waals surface area (Å²) in [6, 6.07) is 6.38. The van der Waals surface area contributed by atoms with Gasteiger partial charge in [-0.25, -0.2) is 0 Å². The van der Waals surface area contributed by atoms with E-state index in [9.17, 15) is 18.0 Å². The highest BCUT2D eigenvalue weighted by Crippen LogP contribution is 2.38. The maximum atomic E-state index is 13.5. The van der Waals surface area contributed by atoms with Crippen LogP contribution in [-0.2, 0) is 19.8 Å². The minimum atomic E-state index is -4.60. The van der Waals surface area contributed by atoms with Crippen molar-refractivity contribution in [1.29, 1.82) is 0 Å². The van der Waals surface area contributed by atoms with E-state index in [1.54, 1.807) is 29.1 Å². The van der Waals surface area contributed by atoms with Crippen LogP contribution in [0.1, 0.15) is 32.7 Å². The van der Waals surface area contributed by atoms with Crippen molar-refractivity contribution in [1.82, 2.24) is 26.1 Å². The zero-order valence-corrected chi connectivity index (χ0v) is 21.2. The van der Waals surface area contributed by atoms with Crippen molar-refractivity contribution in [3.05, 3.63) is 75.7 Å². The number of anilines is 2. The summed E-state index contributed by atoms with van der Waals surface area (Å²) in [5, 5.41) is 11.5. The number of alkyl halides is 3. The van der Waals surface area contributed by atoms with E-state index < -0.39 is 17.6 Å². The average Bonchev–Trinajstić information content (AvgIpc) is 3.45. The summed E-state index contributed by atoms with van der Waals surface area (Å²) < 4.78 is 47.6. The number of rotatable bonds is 7. The third-order valence-electron chi connectivity index (χ3n) is 5.88. The Labute approximate surface area is 216 Å². The van der Waals surface area contributed by atoms with E-state index in [0.29, 0.717) is 10.7 Å². The Morgan fingerprint density at radius 3 is 2.62 bits per heavy atom. The average molecular weight is 536 g/mol. The van der Waals surface area contributed by atoms with Gasteiger partial charge in [-0.3, -0.25) is 14.5 Å². The lowest BCUT2D eigenvalue weighted by atomic mass is 10.1. The molecule has 0 unspecified atom stereocenters. The fraction of sp³-hybridized carbons (Fsp3) is 0.250. The molecular formula is C24H25ClF3N7O2. The largest absolute Gasteiger partial charge is 0.494 e. The number of nitrogens with zero attached hydrogens (tertiary/aromatic N) is 3. The lowest BCUT2D eigenvalue weighted by Crippen LogP contribution is -2.36. The van der Waals surface area contributed by atoms with Gasteiger partial charge in [-0.1, -0.05) is 11.6 Å². The Morgan fingerprint density at radius 1 is 1.24 bits per heavy atom. The minimum absolute atomic E-state index is 0.0979. The zero-order chi connectivity index (χ0) is 26.9. The number of nitrogens with one attached hydrogen (secondary N) is 4. The van der Waals surface area contributed by atoms with Crippen molar-refractivity contribution < 1.29 is 22.7 Å². The van der Waals surface area contributed by atoms with Gasteiger partial charge in [0.1, 0.15) is 5.75 Å². The van der Waals surface area contributed by atoms with Gasteiger partial charge in [0.2, 0.25) is 0 Å². The van der Waals surface area contributed by atoms with Gasteiger partial charge in [-0.2, -0.15) is 18.3 Å². The predicted molar refractivity (Wildman–Crippen MR) is 135 cm³/mol. The first-order valence-corrected chi connectivity index (χ1v) is 11.5. The van der Waals surface area contributed by atoms with Crippen molar-refractivity contribution in [3.8, 4) is 5.75 Å². The molecule has 0 bridgehead atoms. The molecule has 0 atom stereocenters. The minimum Gasteiger partial charge on any atom is -0.494 e. The summed E-state index contributed by atoms with van der Waals surface area (Å²) in [7, 11) is 4.77. The molecule has 3 aromatic rings. The summed E-state index contributed by atoms with van der Waals surface area (Å²) in [6.45, 7) is 2.04. The van der Waals surface area contributed by atoms with Crippen LogP contribution in [0, 0.1) is 6.92 Å². The zero-order valence-electron chi connectivity index (χ0n) is 20.4. The summed E-state index contributed by atoms with van der Waals surface area (Å²) in [6.07, 6.45) is -1.13. The van der Waals surface area contributed by atoms with Crippen LogP contribution in [-0.4, -0.2) is 29.8 Å². The Morgan fingerprint density at radius 2 is 2.00 bits per heavy atom. The Kier molecular flexibility index (Phi) is 7.35. The highest BCUT2D eigenvalue weighted by molar-refractivity contribution is 6.33. The first kappa shape index (κ1) is 26.3. The number of halogens is 4. The van der Waals surface area contributed by atoms with Gasteiger partial charge < -0.3 is 20.8 Å². The third kappa shape index (κ3) is 5.36. The second-order valence-electron chi connectivity index (χ2n) is 8.28. The second-order valence-corrected chi connectivity index (χ2v) is 8.69. The number of methoxy groups -OCH3 is 1. The molecule has 4 N–H and O–H groups in total. The maximum absolute atomic E-state index is 13.5. The number of aromatic nitrogens is 2. The number of ether oxygens (including phenoxy) is 1. The highest BCUT2D eigenvalue weighted by Gasteiger charge is 2.33. The van der Waals surface area contributed by atoms with E-state index in [0.717, 1.165) is 29.1 Å². The van der Waals surface area contributed by atoms with Gasteiger partial charge in [0.15, 0.2) is 0 Å². The molecule has 0 aliphatic carbocycles. The van der Waals surface area contributed by atoms with Crippen LogP contribution < -0.4 is 31.3 Å². The van der Waals surface area contributed by atoms with Crippen LogP contribution in [0.3, 0.4) is 0 Å². The van der Waals surface area contributed by atoms with Crippen LogP contribution in [0.15, 0.2) is 42.7 Å². The van der Waals surface area contributed by atoms with Crippen molar-refractivity contribution in [3.63, 3.8) is 0 Å². The first-order chi connectivity index (χ1) is 17.5.